The van der Waals surface area contributed by atoms with Crippen LogP contribution in [0.3, 0.4) is 0 Å². The van der Waals surface area contributed by atoms with Crippen molar-refractivity contribution in [3.8, 4) is 0 Å². The molecular weight excluding hydrogens is 372 g/mol. The van der Waals surface area contributed by atoms with E-state index >= 15 is 0 Å². The second-order valence-electron chi connectivity index (χ2n) is 6.94. The summed E-state index contributed by atoms with van der Waals surface area (Å²) in [4.78, 5) is 4.68. The Kier molecular flexibility index (Phi) is 7.06. The van der Waals surface area contributed by atoms with Crippen LogP contribution in [0.5, 0.6) is 0 Å². The van der Waals surface area contributed by atoms with Crippen LogP contribution < -0.4 is 11.1 Å². The topological polar surface area (TPSA) is 87.8 Å². The van der Waals surface area contributed by atoms with E-state index in [1.807, 2.05) is 24.3 Å². The lowest BCUT2D eigenvalue weighted by Gasteiger charge is -2.26. The van der Waals surface area contributed by atoms with Crippen molar-refractivity contribution in [3.63, 3.8) is 0 Å². The van der Waals surface area contributed by atoms with Crippen LogP contribution in [0.2, 0.25) is 0 Å². The monoisotopic (exact) mass is 400 g/mol. The average Bonchev–Trinajstić information content (AvgIpc) is 2.74. The van der Waals surface area contributed by atoms with Gasteiger partial charge in [-0.1, -0.05) is 55.0 Å². The summed E-state index contributed by atoms with van der Waals surface area (Å²) >= 11 is 0. The molecule has 1 heterocycles. The average molecular weight is 401 g/mol. The second kappa shape index (κ2) is 9.71. The van der Waals surface area contributed by atoms with E-state index in [1.54, 1.807) is 22.5 Å². The SMILES string of the molecule is NC(=NCc1ccccc1S(=O)(=O)N1CCCCC1)NCCc1ccccc1. The molecule has 2 aromatic carbocycles. The van der Waals surface area contributed by atoms with E-state index in [-0.39, 0.29) is 6.54 Å². The van der Waals surface area contributed by atoms with Crippen molar-refractivity contribution in [2.75, 3.05) is 19.6 Å². The van der Waals surface area contributed by atoms with E-state index in [1.165, 1.54) is 5.56 Å². The first-order chi connectivity index (χ1) is 13.6. The minimum Gasteiger partial charge on any atom is -0.370 e. The third-order valence-electron chi connectivity index (χ3n) is 4.89. The van der Waals surface area contributed by atoms with E-state index in [0.717, 1.165) is 25.7 Å². The molecule has 1 aliphatic rings. The van der Waals surface area contributed by atoms with Crippen LogP contribution in [-0.4, -0.2) is 38.3 Å². The number of rotatable bonds is 7. The van der Waals surface area contributed by atoms with Gasteiger partial charge in [-0.2, -0.15) is 4.31 Å². The molecule has 150 valence electrons. The van der Waals surface area contributed by atoms with Crippen molar-refractivity contribution in [2.45, 2.75) is 37.1 Å². The first kappa shape index (κ1) is 20.4. The van der Waals surface area contributed by atoms with Crippen LogP contribution in [0.1, 0.15) is 30.4 Å². The molecule has 1 aliphatic heterocycles. The third kappa shape index (κ3) is 5.33. The summed E-state index contributed by atoms with van der Waals surface area (Å²) in [5.74, 6) is 0.320. The lowest BCUT2D eigenvalue weighted by Crippen LogP contribution is -2.36. The summed E-state index contributed by atoms with van der Waals surface area (Å²) in [7, 11) is -3.49. The second-order valence-corrected chi connectivity index (χ2v) is 8.84. The molecule has 0 saturated carbocycles. The Morgan fingerprint density at radius 3 is 2.43 bits per heavy atom. The molecule has 28 heavy (non-hydrogen) atoms. The van der Waals surface area contributed by atoms with Crippen molar-refractivity contribution in [3.05, 3.63) is 65.7 Å². The minimum atomic E-state index is -3.49. The van der Waals surface area contributed by atoms with Crippen LogP contribution in [0, 0.1) is 0 Å². The van der Waals surface area contributed by atoms with Crippen LogP contribution in [0.4, 0.5) is 0 Å². The fourth-order valence-electron chi connectivity index (χ4n) is 3.34. The highest BCUT2D eigenvalue weighted by Crippen LogP contribution is 2.24. The molecule has 0 amide bonds. The van der Waals surface area contributed by atoms with Crippen LogP contribution in [0.15, 0.2) is 64.5 Å². The first-order valence-corrected chi connectivity index (χ1v) is 11.2. The highest BCUT2D eigenvalue weighted by molar-refractivity contribution is 7.89. The number of piperidine rings is 1. The van der Waals surface area contributed by atoms with Crippen LogP contribution >= 0.6 is 0 Å². The largest absolute Gasteiger partial charge is 0.370 e. The highest BCUT2D eigenvalue weighted by Gasteiger charge is 2.27. The number of aliphatic imine (C=N–C) groups is 1. The Hall–Kier alpha value is -2.38. The van der Waals surface area contributed by atoms with E-state index in [0.29, 0.717) is 36.1 Å². The standard InChI is InChI=1S/C21H28N4O2S/c22-21(23-14-13-18-9-3-1-4-10-18)24-17-19-11-5-6-12-20(19)28(26,27)25-15-7-2-8-16-25/h1,3-6,9-12H,2,7-8,13-17H2,(H3,22,23,24). The molecule has 0 aliphatic carbocycles. The summed E-state index contributed by atoms with van der Waals surface area (Å²) < 4.78 is 27.6. The maximum atomic E-state index is 13.0. The van der Waals surface area contributed by atoms with Crippen molar-refractivity contribution in [1.82, 2.24) is 9.62 Å². The smallest absolute Gasteiger partial charge is 0.243 e. The lowest BCUT2D eigenvalue weighted by molar-refractivity contribution is 0.346. The minimum absolute atomic E-state index is 0.230. The van der Waals surface area contributed by atoms with E-state index in [4.69, 9.17) is 5.73 Å². The molecule has 0 unspecified atom stereocenters. The van der Waals surface area contributed by atoms with Crippen molar-refractivity contribution >= 4 is 16.0 Å². The van der Waals surface area contributed by atoms with E-state index in [9.17, 15) is 8.42 Å². The molecule has 3 rings (SSSR count). The first-order valence-electron chi connectivity index (χ1n) is 9.73. The Bertz CT molecular complexity index is 892. The van der Waals surface area contributed by atoms with Crippen molar-refractivity contribution < 1.29 is 8.42 Å². The Morgan fingerprint density at radius 2 is 1.68 bits per heavy atom. The van der Waals surface area contributed by atoms with E-state index in [2.05, 4.69) is 22.4 Å². The van der Waals surface area contributed by atoms with Gasteiger partial charge in [0.05, 0.1) is 11.4 Å². The number of hydrogen-bond acceptors (Lipinski definition) is 3. The summed E-state index contributed by atoms with van der Waals surface area (Å²) in [5, 5.41) is 3.09. The van der Waals surface area contributed by atoms with Gasteiger partial charge in [-0.3, -0.25) is 0 Å². The molecule has 0 spiro atoms. The van der Waals surface area contributed by atoms with Crippen LogP contribution in [0.25, 0.3) is 0 Å². The molecule has 0 bridgehead atoms. The Labute approximate surface area is 167 Å². The number of nitrogens with one attached hydrogen (secondary N) is 1. The highest BCUT2D eigenvalue weighted by atomic mass is 32.2. The quantitative estimate of drug-likeness (QED) is 0.552. The number of hydrogen-bond donors (Lipinski definition) is 2. The van der Waals surface area contributed by atoms with Gasteiger partial charge in [0.1, 0.15) is 0 Å². The summed E-state index contributed by atoms with van der Waals surface area (Å²) in [6.45, 7) is 2.08. The molecule has 1 saturated heterocycles. The van der Waals surface area contributed by atoms with Crippen LogP contribution in [-0.2, 0) is 23.0 Å². The van der Waals surface area contributed by atoms with Gasteiger partial charge in [-0.15, -0.1) is 0 Å². The van der Waals surface area contributed by atoms with Gasteiger partial charge >= 0.3 is 0 Å². The predicted molar refractivity (Wildman–Crippen MR) is 113 cm³/mol. The molecule has 2 aromatic rings. The molecule has 0 radical (unpaired) electrons. The molecule has 7 heteroatoms. The van der Waals surface area contributed by atoms with Gasteiger partial charge in [0.15, 0.2) is 5.96 Å². The predicted octanol–water partition coefficient (Wildman–Crippen LogP) is 2.51. The molecule has 0 aromatic heterocycles. The number of nitrogens with two attached hydrogens (primary N) is 1. The number of nitrogens with zero attached hydrogens (tertiary/aromatic N) is 2. The fraction of sp³-hybridized carbons (Fsp3) is 0.381. The molecule has 0 atom stereocenters. The van der Waals surface area contributed by atoms with Gasteiger partial charge in [0.25, 0.3) is 0 Å². The Morgan fingerprint density at radius 1 is 1.00 bits per heavy atom. The molecule has 3 N–H and O–H groups in total. The van der Waals surface area contributed by atoms with Gasteiger partial charge in [0.2, 0.25) is 10.0 Å². The van der Waals surface area contributed by atoms with Gasteiger partial charge in [-0.05, 0) is 36.5 Å². The normalized spacial score (nSPS) is 16.1. The zero-order valence-electron chi connectivity index (χ0n) is 16.0. The lowest BCUT2D eigenvalue weighted by atomic mass is 10.1. The van der Waals surface area contributed by atoms with Gasteiger partial charge in [0, 0.05) is 19.6 Å². The molecule has 1 fully saturated rings. The van der Waals surface area contributed by atoms with Gasteiger partial charge in [-0.25, -0.2) is 13.4 Å². The van der Waals surface area contributed by atoms with Crippen molar-refractivity contribution in [1.29, 1.82) is 0 Å². The number of guanidine groups is 1. The van der Waals surface area contributed by atoms with E-state index < -0.39 is 10.0 Å². The number of benzene rings is 2. The fourth-order valence-corrected chi connectivity index (χ4v) is 5.07. The Balaban J connectivity index is 1.63. The summed E-state index contributed by atoms with van der Waals surface area (Å²) in [6.07, 6.45) is 3.76. The van der Waals surface area contributed by atoms with Crippen molar-refractivity contribution in [2.24, 2.45) is 10.7 Å². The zero-order chi connectivity index (χ0) is 19.8. The molecular formula is C21H28N4O2S. The summed E-state index contributed by atoms with van der Waals surface area (Å²) in [5.41, 5.74) is 7.86. The number of sulfonamides is 1. The third-order valence-corrected chi connectivity index (χ3v) is 6.89. The maximum Gasteiger partial charge on any atom is 0.243 e. The summed E-state index contributed by atoms with van der Waals surface area (Å²) in [6, 6.07) is 17.2. The maximum absolute atomic E-state index is 13.0. The van der Waals surface area contributed by atoms with Gasteiger partial charge < -0.3 is 11.1 Å². The zero-order valence-corrected chi connectivity index (χ0v) is 16.9. The molecule has 6 nitrogen and oxygen atoms in total.